The molecule has 23 heavy (non-hydrogen) atoms. The summed E-state index contributed by atoms with van der Waals surface area (Å²) in [5.41, 5.74) is 0.718. The molecule has 126 valence electrons. The van der Waals surface area contributed by atoms with Gasteiger partial charge < -0.3 is 15.2 Å². The Morgan fingerprint density at radius 2 is 2.17 bits per heavy atom. The highest BCUT2D eigenvalue weighted by Crippen LogP contribution is 2.44. The van der Waals surface area contributed by atoms with Crippen molar-refractivity contribution in [2.75, 3.05) is 32.1 Å². The molecule has 5 heteroatoms. The van der Waals surface area contributed by atoms with E-state index >= 15 is 0 Å². The average molecular weight is 318 g/mol. The molecule has 1 amide bonds. The molecule has 0 aromatic heterocycles. The molecule has 1 saturated heterocycles. The number of anilines is 1. The van der Waals surface area contributed by atoms with Gasteiger partial charge in [0.25, 0.3) is 0 Å². The predicted molar refractivity (Wildman–Crippen MR) is 89.6 cm³/mol. The molecule has 1 aliphatic heterocycles. The van der Waals surface area contributed by atoms with Crippen LogP contribution in [0, 0.1) is 5.41 Å². The maximum absolute atomic E-state index is 12.4. The summed E-state index contributed by atoms with van der Waals surface area (Å²) in [6.07, 6.45) is 5.02. The Morgan fingerprint density at radius 1 is 1.39 bits per heavy atom. The van der Waals surface area contributed by atoms with Crippen LogP contribution in [0.4, 0.5) is 5.69 Å². The molecular formula is C18H26N2O3. The van der Waals surface area contributed by atoms with Crippen molar-refractivity contribution in [3.8, 4) is 5.75 Å². The number of aliphatic hydroxyl groups excluding tert-OH is 1. The van der Waals surface area contributed by atoms with Gasteiger partial charge >= 0.3 is 0 Å². The topological polar surface area (TPSA) is 61.8 Å². The molecule has 1 spiro atoms. The van der Waals surface area contributed by atoms with Crippen LogP contribution in [0.2, 0.25) is 0 Å². The van der Waals surface area contributed by atoms with Crippen LogP contribution in [0.25, 0.3) is 0 Å². The molecule has 3 rings (SSSR count). The molecule has 2 fully saturated rings. The summed E-state index contributed by atoms with van der Waals surface area (Å²) < 4.78 is 5.27. The van der Waals surface area contributed by atoms with Gasteiger partial charge in [-0.25, -0.2) is 0 Å². The van der Waals surface area contributed by atoms with Gasteiger partial charge in [-0.15, -0.1) is 0 Å². The van der Waals surface area contributed by atoms with Crippen LogP contribution in [0.15, 0.2) is 24.3 Å². The number of ether oxygens (including phenoxy) is 1. The Bertz CT molecular complexity index is 563. The first-order chi connectivity index (χ1) is 11.1. The van der Waals surface area contributed by atoms with Gasteiger partial charge in [0.05, 0.1) is 25.4 Å². The number of nitrogens with one attached hydrogen (secondary N) is 1. The quantitative estimate of drug-likeness (QED) is 0.894. The fourth-order valence-electron chi connectivity index (χ4n) is 4.13. The lowest BCUT2D eigenvalue weighted by Crippen LogP contribution is -2.49. The summed E-state index contributed by atoms with van der Waals surface area (Å²) in [6, 6.07) is 7.43. The number of piperidine rings is 1. The summed E-state index contributed by atoms with van der Waals surface area (Å²) in [5, 5.41) is 13.2. The minimum atomic E-state index is -0.206. The number of aliphatic hydroxyl groups is 1. The lowest BCUT2D eigenvalue weighted by molar-refractivity contribution is -0.118. The molecule has 2 atom stereocenters. The maximum Gasteiger partial charge on any atom is 0.238 e. The van der Waals surface area contributed by atoms with Gasteiger partial charge in [0.1, 0.15) is 5.75 Å². The van der Waals surface area contributed by atoms with Crippen LogP contribution in [0.1, 0.15) is 32.1 Å². The number of methoxy groups -OCH3 is 1. The van der Waals surface area contributed by atoms with Crippen molar-refractivity contribution in [2.45, 2.75) is 38.2 Å². The first kappa shape index (κ1) is 16.3. The van der Waals surface area contributed by atoms with Crippen molar-refractivity contribution in [3.05, 3.63) is 24.3 Å². The van der Waals surface area contributed by atoms with Gasteiger partial charge in [-0.1, -0.05) is 18.6 Å². The van der Waals surface area contributed by atoms with Crippen molar-refractivity contribution in [1.29, 1.82) is 0 Å². The second-order valence-electron chi connectivity index (χ2n) is 6.83. The van der Waals surface area contributed by atoms with E-state index < -0.39 is 0 Å². The summed E-state index contributed by atoms with van der Waals surface area (Å²) in [6.45, 7) is 2.12. The van der Waals surface area contributed by atoms with Crippen molar-refractivity contribution >= 4 is 11.6 Å². The molecule has 5 nitrogen and oxygen atoms in total. The average Bonchev–Trinajstić information content (AvgIpc) is 2.88. The van der Waals surface area contributed by atoms with Crippen LogP contribution < -0.4 is 10.1 Å². The number of benzene rings is 1. The maximum atomic E-state index is 12.4. The minimum absolute atomic E-state index is 0.0168. The third kappa shape index (κ3) is 3.51. The second kappa shape index (κ2) is 6.89. The van der Waals surface area contributed by atoms with E-state index in [1.165, 1.54) is 0 Å². The van der Waals surface area contributed by atoms with Crippen LogP contribution >= 0.6 is 0 Å². The normalized spacial score (nSPS) is 28.0. The highest BCUT2D eigenvalue weighted by atomic mass is 16.5. The molecule has 0 radical (unpaired) electrons. The zero-order valence-corrected chi connectivity index (χ0v) is 13.8. The van der Waals surface area contributed by atoms with Crippen LogP contribution in [-0.4, -0.2) is 48.8 Å². The number of hydrogen-bond donors (Lipinski definition) is 2. The van der Waals surface area contributed by atoms with Gasteiger partial charge in [0, 0.05) is 12.0 Å². The van der Waals surface area contributed by atoms with Crippen molar-refractivity contribution < 1.29 is 14.6 Å². The summed E-state index contributed by atoms with van der Waals surface area (Å²) in [4.78, 5) is 14.5. The molecular weight excluding hydrogens is 292 g/mol. The summed E-state index contributed by atoms with van der Waals surface area (Å²) in [7, 11) is 1.60. The number of likely N-dealkylation sites (tertiary alicyclic amines) is 1. The standard InChI is InChI=1S/C18H26N2O3/c1-23-15-7-3-2-6-14(15)19-17(22)12-20-11-5-10-18(13-20)9-4-8-16(18)21/h2-3,6-7,16,21H,4-5,8-13H2,1H3,(H,19,22)/t16-,18+/m1/s1. The van der Waals surface area contributed by atoms with Crippen molar-refractivity contribution in [1.82, 2.24) is 4.90 Å². The van der Waals surface area contributed by atoms with E-state index in [9.17, 15) is 9.90 Å². The smallest absolute Gasteiger partial charge is 0.238 e. The predicted octanol–water partition coefficient (Wildman–Crippen LogP) is 2.26. The number of carbonyl (C=O) groups is 1. The molecule has 0 unspecified atom stereocenters. The van der Waals surface area contributed by atoms with Crippen LogP contribution in [-0.2, 0) is 4.79 Å². The van der Waals surface area contributed by atoms with Gasteiger partial charge in [0.2, 0.25) is 5.91 Å². The Morgan fingerprint density at radius 3 is 2.91 bits per heavy atom. The molecule has 1 aromatic rings. The van der Waals surface area contributed by atoms with E-state index in [2.05, 4.69) is 10.2 Å². The highest BCUT2D eigenvalue weighted by Gasteiger charge is 2.44. The first-order valence-corrected chi connectivity index (χ1v) is 8.46. The van der Waals surface area contributed by atoms with E-state index in [-0.39, 0.29) is 17.4 Å². The molecule has 0 bridgehead atoms. The number of amides is 1. The third-order valence-electron chi connectivity index (χ3n) is 5.29. The van der Waals surface area contributed by atoms with E-state index in [0.29, 0.717) is 18.0 Å². The van der Waals surface area contributed by atoms with Gasteiger partial charge in [-0.2, -0.15) is 0 Å². The second-order valence-corrected chi connectivity index (χ2v) is 6.83. The largest absolute Gasteiger partial charge is 0.495 e. The van der Waals surface area contributed by atoms with E-state index in [4.69, 9.17) is 4.74 Å². The summed E-state index contributed by atoms with van der Waals surface area (Å²) >= 11 is 0. The lowest BCUT2D eigenvalue weighted by atomic mass is 9.77. The summed E-state index contributed by atoms with van der Waals surface area (Å²) in [5.74, 6) is 0.640. The number of rotatable bonds is 4. The number of nitrogens with zero attached hydrogens (tertiary/aromatic N) is 1. The fourth-order valence-corrected chi connectivity index (χ4v) is 4.13. The van der Waals surface area contributed by atoms with E-state index in [0.717, 1.165) is 45.2 Å². The van der Waals surface area contributed by atoms with Crippen molar-refractivity contribution in [3.63, 3.8) is 0 Å². The first-order valence-electron chi connectivity index (χ1n) is 8.46. The van der Waals surface area contributed by atoms with Crippen molar-refractivity contribution in [2.24, 2.45) is 5.41 Å². The minimum Gasteiger partial charge on any atom is -0.495 e. The Labute approximate surface area is 137 Å². The SMILES string of the molecule is COc1ccccc1NC(=O)CN1CCC[C@@]2(CCC[C@H]2O)C1. The molecule has 1 aliphatic carbocycles. The van der Waals surface area contributed by atoms with Gasteiger partial charge in [-0.3, -0.25) is 9.69 Å². The number of hydrogen-bond acceptors (Lipinski definition) is 4. The molecule has 2 aliphatic rings. The van der Waals surface area contributed by atoms with Gasteiger partial charge in [0.15, 0.2) is 0 Å². The third-order valence-corrected chi connectivity index (χ3v) is 5.29. The monoisotopic (exact) mass is 318 g/mol. The zero-order valence-electron chi connectivity index (χ0n) is 13.8. The molecule has 1 saturated carbocycles. The molecule has 1 heterocycles. The Hall–Kier alpha value is -1.59. The molecule has 2 N–H and O–H groups in total. The Kier molecular flexibility index (Phi) is 4.87. The lowest BCUT2D eigenvalue weighted by Gasteiger charge is -2.42. The van der Waals surface area contributed by atoms with Crippen LogP contribution in [0.3, 0.4) is 0 Å². The van der Waals surface area contributed by atoms with E-state index in [1.807, 2.05) is 24.3 Å². The highest BCUT2D eigenvalue weighted by molar-refractivity contribution is 5.93. The van der Waals surface area contributed by atoms with Crippen LogP contribution in [0.5, 0.6) is 5.75 Å². The molecule has 1 aromatic carbocycles. The van der Waals surface area contributed by atoms with Gasteiger partial charge in [-0.05, 0) is 44.4 Å². The zero-order chi connectivity index (χ0) is 16.3. The van der Waals surface area contributed by atoms with E-state index in [1.54, 1.807) is 7.11 Å². The Balaban J connectivity index is 1.59. The fraction of sp³-hybridized carbons (Fsp3) is 0.611. The number of carbonyl (C=O) groups excluding carboxylic acids is 1. The number of para-hydroxylation sites is 2.